The van der Waals surface area contributed by atoms with Crippen LogP contribution < -0.4 is 5.73 Å². The molecule has 1 heterocycles. The number of hydrogen-bond donors (Lipinski definition) is 1. The average molecular weight is 220 g/mol. The van der Waals surface area contributed by atoms with Crippen LogP contribution in [0.3, 0.4) is 0 Å². The highest BCUT2D eigenvalue weighted by Crippen LogP contribution is 2.28. The van der Waals surface area contributed by atoms with E-state index >= 15 is 0 Å². The standard InChI is InChI=1S/C10H18F2N2O/c1-9(2,13)7-8(15)14-5-3-10(11,12)4-6-14/h3-7,13H2,1-2H3. The Kier molecular flexibility index (Phi) is 3.33. The summed E-state index contributed by atoms with van der Waals surface area (Å²) >= 11 is 0. The van der Waals surface area contributed by atoms with Crippen LogP contribution in [0.1, 0.15) is 33.1 Å². The van der Waals surface area contributed by atoms with Gasteiger partial charge in [-0.1, -0.05) is 0 Å². The third-order valence-electron chi connectivity index (χ3n) is 2.45. The first-order chi connectivity index (χ1) is 6.70. The third kappa shape index (κ3) is 4.11. The lowest BCUT2D eigenvalue weighted by Crippen LogP contribution is -2.46. The molecular formula is C10H18F2N2O. The van der Waals surface area contributed by atoms with Crippen molar-refractivity contribution in [2.45, 2.75) is 44.6 Å². The number of nitrogens with two attached hydrogens (primary N) is 1. The number of rotatable bonds is 2. The molecule has 0 atom stereocenters. The van der Waals surface area contributed by atoms with Gasteiger partial charge in [0.1, 0.15) is 0 Å². The Morgan fingerprint density at radius 1 is 1.40 bits per heavy atom. The fourth-order valence-corrected chi connectivity index (χ4v) is 1.58. The predicted molar refractivity (Wildman–Crippen MR) is 53.6 cm³/mol. The second kappa shape index (κ2) is 4.04. The molecule has 0 bridgehead atoms. The number of amides is 1. The summed E-state index contributed by atoms with van der Waals surface area (Å²) < 4.78 is 25.6. The van der Waals surface area contributed by atoms with Gasteiger partial charge in [0.05, 0.1) is 0 Å². The number of hydrogen-bond acceptors (Lipinski definition) is 2. The highest BCUT2D eigenvalue weighted by atomic mass is 19.3. The number of carbonyl (C=O) groups is 1. The molecule has 88 valence electrons. The topological polar surface area (TPSA) is 46.3 Å². The maximum Gasteiger partial charge on any atom is 0.251 e. The molecule has 1 aliphatic rings. The molecule has 0 radical (unpaired) electrons. The first kappa shape index (κ1) is 12.4. The highest BCUT2D eigenvalue weighted by molar-refractivity contribution is 5.77. The highest BCUT2D eigenvalue weighted by Gasteiger charge is 2.36. The maximum atomic E-state index is 12.8. The Morgan fingerprint density at radius 2 is 1.87 bits per heavy atom. The zero-order chi connectivity index (χ0) is 11.7. The minimum Gasteiger partial charge on any atom is -0.342 e. The van der Waals surface area contributed by atoms with Crippen molar-refractivity contribution in [1.82, 2.24) is 4.90 Å². The van der Waals surface area contributed by atoms with E-state index in [4.69, 9.17) is 5.73 Å². The van der Waals surface area contributed by atoms with Gasteiger partial charge in [-0.25, -0.2) is 8.78 Å². The molecule has 15 heavy (non-hydrogen) atoms. The Labute approximate surface area is 88.6 Å². The summed E-state index contributed by atoms with van der Waals surface area (Å²) in [6, 6.07) is 0. The van der Waals surface area contributed by atoms with Crippen molar-refractivity contribution < 1.29 is 13.6 Å². The molecule has 1 aliphatic heterocycles. The molecule has 3 nitrogen and oxygen atoms in total. The number of nitrogens with zero attached hydrogens (tertiary/aromatic N) is 1. The van der Waals surface area contributed by atoms with Crippen molar-refractivity contribution in [3.8, 4) is 0 Å². The van der Waals surface area contributed by atoms with Crippen molar-refractivity contribution in [2.24, 2.45) is 5.73 Å². The van der Waals surface area contributed by atoms with E-state index in [9.17, 15) is 13.6 Å². The zero-order valence-electron chi connectivity index (χ0n) is 9.22. The summed E-state index contributed by atoms with van der Waals surface area (Å²) in [5.74, 6) is -2.73. The van der Waals surface area contributed by atoms with Crippen molar-refractivity contribution in [2.75, 3.05) is 13.1 Å². The first-order valence-corrected chi connectivity index (χ1v) is 5.14. The lowest BCUT2D eigenvalue weighted by Gasteiger charge is -2.33. The first-order valence-electron chi connectivity index (χ1n) is 5.14. The smallest absolute Gasteiger partial charge is 0.251 e. The summed E-state index contributed by atoms with van der Waals surface area (Å²) in [4.78, 5) is 13.1. The molecule has 1 rings (SSSR count). The van der Waals surface area contributed by atoms with Gasteiger partial charge < -0.3 is 10.6 Å². The second-order valence-corrected chi connectivity index (χ2v) is 4.90. The second-order valence-electron chi connectivity index (χ2n) is 4.90. The van der Waals surface area contributed by atoms with E-state index in [-0.39, 0.29) is 38.3 Å². The van der Waals surface area contributed by atoms with Crippen LogP contribution in [0.5, 0.6) is 0 Å². The fraction of sp³-hybridized carbons (Fsp3) is 0.900. The summed E-state index contributed by atoms with van der Waals surface area (Å²) in [6.07, 6.45) is -0.258. The molecule has 0 saturated carbocycles. The number of carbonyl (C=O) groups excluding carboxylic acids is 1. The van der Waals surface area contributed by atoms with Gasteiger partial charge in [-0.2, -0.15) is 0 Å². The van der Waals surface area contributed by atoms with Crippen molar-refractivity contribution >= 4 is 5.91 Å². The Bertz CT molecular complexity index is 238. The van der Waals surface area contributed by atoms with Gasteiger partial charge in [0.15, 0.2) is 0 Å². The van der Waals surface area contributed by atoms with Crippen LogP contribution in [0.15, 0.2) is 0 Å². The van der Waals surface area contributed by atoms with Crippen molar-refractivity contribution in [1.29, 1.82) is 0 Å². The SMILES string of the molecule is CC(C)(N)CC(=O)N1CCC(F)(F)CC1. The van der Waals surface area contributed by atoms with E-state index in [2.05, 4.69) is 0 Å². The Balaban J connectivity index is 2.44. The minimum absolute atomic E-state index is 0.127. The molecule has 5 heteroatoms. The zero-order valence-corrected chi connectivity index (χ0v) is 9.22. The Hall–Kier alpha value is -0.710. The van der Waals surface area contributed by atoms with Crippen LogP contribution in [-0.4, -0.2) is 35.4 Å². The van der Waals surface area contributed by atoms with Crippen molar-refractivity contribution in [3.05, 3.63) is 0 Å². The summed E-state index contributed by atoms with van der Waals surface area (Å²) in [5, 5.41) is 0. The van der Waals surface area contributed by atoms with Crippen LogP contribution >= 0.6 is 0 Å². The molecule has 1 amide bonds. The molecule has 0 unspecified atom stereocenters. The van der Waals surface area contributed by atoms with E-state index in [1.165, 1.54) is 4.90 Å². The molecule has 1 fully saturated rings. The van der Waals surface area contributed by atoms with Crippen LogP contribution in [0.25, 0.3) is 0 Å². The molecule has 0 aromatic heterocycles. The molecule has 0 spiro atoms. The molecule has 0 aliphatic carbocycles. The third-order valence-corrected chi connectivity index (χ3v) is 2.45. The van der Waals surface area contributed by atoms with Gasteiger partial charge in [-0.15, -0.1) is 0 Å². The van der Waals surface area contributed by atoms with Gasteiger partial charge in [-0.05, 0) is 13.8 Å². The van der Waals surface area contributed by atoms with Crippen LogP contribution in [0.2, 0.25) is 0 Å². The lowest BCUT2D eigenvalue weighted by molar-refractivity contribution is -0.138. The molecular weight excluding hydrogens is 202 g/mol. The number of piperidine rings is 1. The number of alkyl halides is 2. The summed E-state index contributed by atoms with van der Waals surface area (Å²) in [6.45, 7) is 3.79. The van der Waals surface area contributed by atoms with E-state index in [0.717, 1.165) is 0 Å². The monoisotopic (exact) mass is 220 g/mol. The average Bonchev–Trinajstić information content (AvgIpc) is 2.00. The van der Waals surface area contributed by atoms with E-state index in [1.54, 1.807) is 13.8 Å². The Morgan fingerprint density at radius 3 is 2.27 bits per heavy atom. The summed E-state index contributed by atoms with van der Waals surface area (Å²) in [7, 11) is 0. The van der Waals surface area contributed by atoms with Crippen LogP contribution in [-0.2, 0) is 4.79 Å². The maximum absolute atomic E-state index is 12.8. The molecule has 1 saturated heterocycles. The van der Waals surface area contributed by atoms with Gasteiger partial charge >= 0.3 is 0 Å². The summed E-state index contributed by atoms with van der Waals surface area (Å²) in [5.41, 5.74) is 5.13. The predicted octanol–water partition coefficient (Wildman–Crippen LogP) is 1.37. The van der Waals surface area contributed by atoms with Gasteiger partial charge in [0, 0.05) is 37.9 Å². The molecule has 0 aromatic carbocycles. The quantitative estimate of drug-likeness (QED) is 0.764. The van der Waals surface area contributed by atoms with Gasteiger partial charge in [-0.3, -0.25) is 4.79 Å². The number of likely N-dealkylation sites (tertiary alicyclic amines) is 1. The van der Waals surface area contributed by atoms with E-state index in [0.29, 0.717) is 0 Å². The number of halogens is 2. The molecule has 2 N–H and O–H groups in total. The normalized spacial score (nSPS) is 21.5. The minimum atomic E-state index is -2.60. The van der Waals surface area contributed by atoms with Crippen molar-refractivity contribution in [3.63, 3.8) is 0 Å². The van der Waals surface area contributed by atoms with Crippen LogP contribution in [0, 0.1) is 0 Å². The van der Waals surface area contributed by atoms with Gasteiger partial charge in [0.25, 0.3) is 5.92 Å². The largest absolute Gasteiger partial charge is 0.342 e. The van der Waals surface area contributed by atoms with E-state index < -0.39 is 11.5 Å². The van der Waals surface area contributed by atoms with E-state index in [1.807, 2.05) is 0 Å². The van der Waals surface area contributed by atoms with Gasteiger partial charge in [0.2, 0.25) is 5.91 Å². The fourth-order valence-electron chi connectivity index (χ4n) is 1.58. The molecule has 0 aromatic rings. The lowest BCUT2D eigenvalue weighted by atomic mass is 10.00. The van der Waals surface area contributed by atoms with Crippen LogP contribution in [0.4, 0.5) is 8.78 Å².